The molecule has 0 aromatic heterocycles. The number of phenols is 2. The predicted octanol–water partition coefficient (Wildman–Crippen LogP) is 1.19. The predicted molar refractivity (Wildman–Crippen MR) is 42.2 cm³/mol. The Balaban J connectivity index is 3.38. The Morgan fingerprint density at radius 1 is 1.23 bits per heavy atom. The molecule has 0 unspecified atom stereocenters. The van der Waals surface area contributed by atoms with Crippen LogP contribution in [0.2, 0.25) is 0 Å². The largest absolute Gasteiger partial charge is 0.507 e. The smallest absolute Gasteiger partial charge is 0.339 e. The summed E-state index contributed by atoms with van der Waals surface area (Å²) in [7, 11) is 0. The van der Waals surface area contributed by atoms with Gasteiger partial charge in [0.2, 0.25) is 0 Å². The lowest BCUT2D eigenvalue weighted by Crippen LogP contribution is -1.95. The van der Waals surface area contributed by atoms with Crippen molar-refractivity contribution in [3.05, 3.63) is 22.6 Å². The maximum absolute atomic E-state index is 10.4. The average molecular weight is 183 g/mol. The Morgan fingerprint density at radius 2 is 1.85 bits per heavy atom. The van der Waals surface area contributed by atoms with Gasteiger partial charge in [0, 0.05) is 6.07 Å². The first-order valence-corrected chi connectivity index (χ1v) is 3.19. The first-order valence-electron chi connectivity index (χ1n) is 3.19. The monoisotopic (exact) mass is 183 g/mol. The van der Waals surface area contributed by atoms with Crippen LogP contribution in [0.5, 0.6) is 11.5 Å². The van der Waals surface area contributed by atoms with Gasteiger partial charge in [0.1, 0.15) is 17.1 Å². The molecule has 0 atom stereocenters. The van der Waals surface area contributed by atoms with Gasteiger partial charge >= 0.3 is 5.97 Å². The Hall–Kier alpha value is -2.11. The SMILES string of the molecule is O=Nc1cc(C(=O)O)c(O)cc1O. The number of carboxylic acids is 1. The molecule has 68 valence electrons. The number of hydrogen-bond donors (Lipinski definition) is 3. The molecule has 0 aliphatic rings. The highest BCUT2D eigenvalue weighted by Crippen LogP contribution is 2.33. The molecule has 0 spiro atoms. The van der Waals surface area contributed by atoms with Gasteiger partial charge in [-0.3, -0.25) is 0 Å². The molecule has 0 saturated heterocycles. The Kier molecular flexibility index (Phi) is 2.14. The molecule has 6 nitrogen and oxygen atoms in total. The highest BCUT2D eigenvalue weighted by Gasteiger charge is 2.14. The maximum Gasteiger partial charge on any atom is 0.339 e. The fourth-order valence-electron chi connectivity index (χ4n) is 0.810. The van der Waals surface area contributed by atoms with Crippen LogP contribution in [-0.4, -0.2) is 21.3 Å². The van der Waals surface area contributed by atoms with E-state index in [2.05, 4.69) is 5.18 Å². The highest BCUT2D eigenvalue weighted by molar-refractivity contribution is 5.92. The third-order valence-electron chi connectivity index (χ3n) is 1.42. The summed E-state index contributed by atoms with van der Waals surface area (Å²) in [4.78, 5) is 20.4. The van der Waals surface area contributed by atoms with Gasteiger partial charge in [-0.05, 0) is 11.2 Å². The normalized spacial score (nSPS) is 9.54. The zero-order chi connectivity index (χ0) is 10.0. The van der Waals surface area contributed by atoms with Crippen molar-refractivity contribution < 1.29 is 20.1 Å². The number of carbonyl (C=O) groups is 1. The van der Waals surface area contributed by atoms with E-state index >= 15 is 0 Å². The van der Waals surface area contributed by atoms with Crippen molar-refractivity contribution in [3.63, 3.8) is 0 Å². The van der Waals surface area contributed by atoms with Crippen LogP contribution in [0, 0.1) is 4.91 Å². The lowest BCUT2D eigenvalue weighted by molar-refractivity contribution is 0.0694. The van der Waals surface area contributed by atoms with Crippen molar-refractivity contribution >= 4 is 11.7 Å². The summed E-state index contributed by atoms with van der Waals surface area (Å²) in [6.45, 7) is 0. The number of aromatic carboxylic acids is 1. The summed E-state index contributed by atoms with van der Waals surface area (Å²) in [6.07, 6.45) is 0. The minimum atomic E-state index is -1.40. The zero-order valence-electron chi connectivity index (χ0n) is 6.26. The lowest BCUT2D eigenvalue weighted by atomic mass is 10.1. The number of benzene rings is 1. The molecule has 6 heteroatoms. The molecule has 13 heavy (non-hydrogen) atoms. The van der Waals surface area contributed by atoms with Crippen LogP contribution < -0.4 is 0 Å². The van der Waals surface area contributed by atoms with Crippen molar-refractivity contribution in [2.45, 2.75) is 0 Å². The number of hydrogen-bond acceptors (Lipinski definition) is 5. The van der Waals surface area contributed by atoms with Crippen LogP contribution in [0.25, 0.3) is 0 Å². The first-order chi connectivity index (χ1) is 6.06. The van der Waals surface area contributed by atoms with Crippen LogP contribution >= 0.6 is 0 Å². The fraction of sp³-hybridized carbons (Fsp3) is 0. The van der Waals surface area contributed by atoms with E-state index in [4.69, 9.17) is 15.3 Å². The molecule has 3 N–H and O–H groups in total. The van der Waals surface area contributed by atoms with E-state index in [1.54, 1.807) is 0 Å². The van der Waals surface area contributed by atoms with Crippen molar-refractivity contribution in [1.82, 2.24) is 0 Å². The van der Waals surface area contributed by atoms with Gasteiger partial charge in [0.15, 0.2) is 5.69 Å². The van der Waals surface area contributed by atoms with Gasteiger partial charge < -0.3 is 15.3 Å². The second-order valence-electron chi connectivity index (χ2n) is 2.25. The summed E-state index contributed by atoms with van der Waals surface area (Å²) in [5.41, 5.74) is -0.900. The van der Waals surface area contributed by atoms with Crippen molar-refractivity contribution in [3.8, 4) is 11.5 Å². The molecular formula is C7H5NO5. The van der Waals surface area contributed by atoms with Gasteiger partial charge in [0.05, 0.1) is 0 Å². The molecule has 0 bridgehead atoms. The fourth-order valence-corrected chi connectivity index (χ4v) is 0.810. The molecule has 1 aromatic rings. The van der Waals surface area contributed by atoms with Gasteiger partial charge in [-0.25, -0.2) is 4.79 Å². The third-order valence-corrected chi connectivity index (χ3v) is 1.42. The average Bonchev–Trinajstić information content (AvgIpc) is 2.03. The third kappa shape index (κ3) is 1.56. The molecule has 0 radical (unpaired) electrons. The lowest BCUT2D eigenvalue weighted by Gasteiger charge is -2.00. The molecule has 1 rings (SSSR count). The maximum atomic E-state index is 10.4. The number of aromatic hydroxyl groups is 2. The molecule has 0 aliphatic carbocycles. The minimum absolute atomic E-state index is 0.421. The quantitative estimate of drug-likeness (QED) is 0.597. The molecule has 0 saturated carbocycles. The van der Waals surface area contributed by atoms with Crippen molar-refractivity contribution in [2.24, 2.45) is 5.18 Å². The Bertz CT molecular complexity index is 373. The minimum Gasteiger partial charge on any atom is -0.507 e. The summed E-state index contributed by atoms with van der Waals surface area (Å²) < 4.78 is 0. The highest BCUT2D eigenvalue weighted by atomic mass is 16.4. The van der Waals surface area contributed by atoms with E-state index in [-0.39, 0.29) is 0 Å². The molecule has 0 heterocycles. The Morgan fingerprint density at radius 3 is 2.31 bits per heavy atom. The van der Waals surface area contributed by atoms with E-state index in [0.717, 1.165) is 12.1 Å². The van der Waals surface area contributed by atoms with E-state index in [9.17, 15) is 9.70 Å². The molecule has 0 amide bonds. The van der Waals surface area contributed by atoms with E-state index in [0.29, 0.717) is 0 Å². The standard InChI is InChI=1S/C7H5NO5/c9-5-2-6(10)4(8-13)1-3(5)7(11)12/h1-2,9-10H,(H,11,12). The van der Waals surface area contributed by atoms with Gasteiger partial charge in [-0.2, -0.15) is 0 Å². The van der Waals surface area contributed by atoms with Crippen LogP contribution in [0.1, 0.15) is 10.4 Å². The van der Waals surface area contributed by atoms with Crippen molar-refractivity contribution in [2.75, 3.05) is 0 Å². The van der Waals surface area contributed by atoms with Crippen LogP contribution in [0.15, 0.2) is 17.3 Å². The first kappa shape index (κ1) is 8.98. The summed E-state index contributed by atoms with van der Waals surface area (Å²) >= 11 is 0. The Labute approximate surface area is 72.0 Å². The van der Waals surface area contributed by atoms with Crippen LogP contribution in [-0.2, 0) is 0 Å². The van der Waals surface area contributed by atoms with E-state index in [1.807, 2.05) is 0 Å². The van der Waals surface area contributed by atoms with E-state index < -0.39 is 28.7 Å². The molecule has 0 aliphatic heterocycles. The second kappa shape index (κ2) is 3.10. The van der Waals surface area contributed by atoms with Gasteiger partial charge in [-0.1, -0.05) is 0 Å². The summed E-state index contributed by atoms with van der Waals surface area (Å²) in [5.74, 6) is -2.57. The van der Waals surface area contributed by atoms with Gasteiger partial charge in [-0.15, -0.1) is 4.91 Å². The topological polar surface area (TPSA) is 107 Å². The summed E-state index contributed by atoms with van der Waals surface area (Å²) in [5, 5.41) is 28.8. The molecule has 0 fully saturated rings. The summed E-state index contributed by atoms with van der Waals surface area (Å²) in [6, 6.07) is 1.54. The van der Waals surface area contributed by atoms with Crippen molar-refractivity contribution in [1.29, 1.82) is 0 Å². The number of nitrogens with zero attached hydrogens (tertiary/aromatic N) is 1. The number of carboxylic acid groups (broad SMARTS) is 1. The van der Waals surface area contributed by atoms with Crippen LogP contribution in [0.4, 0.5) is 5.69 Å². The second-order valence-corrected chi connectivity index (χ2v) is 2.25. The van der Waals surface area contributed by atoms with Gasteiger partial charge in [0.25, 0.3) is 0 Å². The molecular weight excluding hydrogens is 178 g/mol. The van der Waals surface area contributed by atoms with Crippen LogP contribution in [0.3, 0.4) is 0 Å². The number of rotatable bonds is 2. The molecule has 1 aromatic carbocycles. The zero-order valence-corrected chi connectivity index (χ0v) is 6.26. The number of nitroso groups, excluding NO2 is 1. The number of phenolic OH excluding ortho intramolecular Hbond substituents is 1. The van der Waals surface area contributed by atoms with E-state index in [1.165, 1.54) is 0 Å².